The smallest absolute Gasteiger partial charge is 0.254 e. The third-order valence-electron chi connectivity index (χ3n) is 6.09. The molecule has 6 heteroatoms. The molecule has 2 aliphatic heterocycles. The summed E-state index contributed by atoms with van der Waals surface area (Å²) in [5, 5.41) is 1.13. The number of fused-ring (bicyclic) bond motifs is 3. The Hall–Kier alpha value is -3.28. The first-order chi connectivity index (χ1) is 14.1. The lowest BCUT2D eigenvalue weighted by Gasteiger charge is -2.39. The van der Waals surface area contributed by atoms with Gasteiger partial charge in [-0.25, -0.2) is 0 Å². The number of carbonyl (C=O) groups is 2. The topological polar surface area (TPSA) is 60.8 Å². The maximum Gasteiger partial charge on any atom is 0.254 e. The second-order valence-electron chi connectivity index (χ2n) is 7.48. The lowest BCUT2D eigenvalue weighted by molar-refractivity contribution is 0.0592. The van der Waals surface area contributed by atoms with Crippen LogP contribution in [0.3, 0.4) is 0 Å². The third kappa shape index (κ3) is 2.55. The standard InChI is InChI=1S/C23H22N2O4/c1-28-19-9-7-14(13-20(19)29-2)23(27)24-12-11-16-15-5-3-4-6-17(15)25-21(26)10-8-18(24)22(16)25/h3-7,9,13,18H,8,10-12H2,1-2H3. The maximum absolute atomic E-state index is 13.4. The summed E-state index contributed by atoms with van der Waals surface area (Å²) in [5.41, 5.74) is 3.70. The summed E-state index contributed by atoms with van der Waals surface area (Å²) in [5.74, 6) is 1.18. The quantitative estimate of drug-likeness (QED) is 0.682. The molecular weight excluding hydrogens is 368 g/mol. The number of methoxy groups -OCH3 is 2. The molecule has 0 saturated carbocycles. The fraction of sp³-hybridized carbons (Fsp3) is 0.304. The van der Waals surface area contributed by atoms with Gasteiger partial charge in [0.15, 0.2) is 11.5 Å². The van der Waals surface area contributed by atoms with Gasteiger partial charge in [-0.15, -0.1) is 0 Å². The van der Waals surface area contributed by atoms with Crippen LogP contribution in [0.5, 0.6) is 11.5 Å². The molecule has 0 saturated heterocycles. The first-order valence-electron chi connectivity index (χ1n) is 9.82. The molecule has 0 bridgehead atoms. The van der Waals surface area contributed by atoms with Crippen molar-refractivity contribution in [2.75, 3.05) is 20.8 Å². The van der Waals surface area contributed by atoms with Gasteiger partial charge in [-0.3, -0.25) is 14.2 Å². The molecule has 6 nitrogen and oxygen atoms in total. The summed E-state index contributed by atoms with van der Waals surface area (Å²) >= 11 is 0. The minimum absolute atomic E-state index is 0.0484. The van der Waals surface area contributed by atoms with E-state index >= 15 is 0 Å². The van der Waals surface area contributed by atoms with Crippen LogP contribution in [0, 0.1) is 0 Å². The molecule has 0 aliphatic carbocycles. The van der Waals surface area contributed by atoms with Gasteiger partial charge in [0.2, 0.25) is 5.91 Å². The monoisotopic (exact) mass is 390 g/mol. The molecule has 1 aromatic heterocycles. The lowest BCUT2D eigenvalue weighted by atomic mass is 9.91. The molecule has 5 rings (SSSR count). The molecule has 0 N–H and O–H groups in total. The molecule has 29 heavy (non-hydrogen) atoms. The fourth-order valence-electron chi connectivity index (χ4n) is 4.79. The highest BCUT2D eigenvalue weighted by Gasteiger charge is 2.39. The molecule has 1 amide bonds. The van der Waals surface area contributed by atoms with Gasteiger partial charge in [0.1, 0.15) is 0 Å². The number of carbonyl (C=O) groups excluding carboxylic acids is 2. The normalized spacial score (nSPS) is 17.9. The van der Waals surface area contributed by atoms with E-state index in [-0.39, 0.29) is 17.9 Å². The van der Waals surface area contributed by atoms with Crippen molar-refractivity contribution in [1.82, 2.24) is 9.47 Å². The second kappa shape index (κ2) is 6.65. The molecule has 3 heterocycles. The highest BCUT2D eigenvalue weighted by Crippen LogP contribution is 2.43. The van der Waals surface area contributed by atoms with Gasteiger partial charge >= 0.3 is 0 Å². The number of nitrogens with zero attached hydrogens (tertiary/aromatic N) is 2. The number of benzene rings is 2. The number of hydrogen-bond donors (Lipinski definition) is 0. The number of amides is 1. The van der Waals surface area contributed by atoms with E-state index in [1.807, 2.05) is 27.7 Å². The fourth-order valence-corrected chi connectivity index (χ4v) is 4.79. The summed E-state index contributed by atoms with van der Waals surface area (Å²) in [6.07, 6.45) is 1.83. The Bertz CT molecular complexity index is 1150. The molecule has 2 aliphatic rings. The largest absolute Gasteiger partial charge is 0.493 e. The van der Waals surface area contributed by atoms with E-state index < -0.39 is 0 Å². The summed E-state index contributed by atoms with van der Waals surface area (Å²) in [4.78, 5) is 28.1. The van der Waals surface area contributed by atoms with Crippen LogP contribution in [0.25, 0.3) is 10.9 Å². The predicted octanol–water partition coefficient (Wildman–Crippen LogP) is 3.83. The SMILES string of the molecule is COc1ccc(C(=O)N2CCc3c4n(c5ccccc35)C(=O)CCC42)cc1OC. The second-order valence-corrected chi connectivity index (χ2v) is 7.48. The van der Waals surface area contributed by atoms with Crippen LogP contribution in [0.4, 0.5) is 0 Å². The van der Waals surface area contributed by atoms with E-state index in [9.17, 15) is 9.59 Å². The van der Waals surface area contributed by atoms with Crippen LogP contribution in [0.2, 0.25) is 0 Å². The third-order valence-corrected chi connectivity index (χ3v) is 6.09. The molecular formula is C23H22N2O4. The zero-order valence-corrected chi connectivity index (χ0v) is 16.5. The number of para-hydroxylation sites is 1. The van der Waals surface area contributed by atoms with Crippen LogP contribution in [-0.2, 0) is 6.42 Å². The summed E-state index contributed by atoms with van der Waals surface area (Å²) in [7, 11) is 3.13. The van der Waals surface area contributed by atoms with E-state index in [1.54, 1.807) is 32.4 Å². The highest BCUT2D eigenvalue weighted by atomic mass is 16.5. The van der Waals surface area contributed by atoms with Gasteiger partial charge < -0.3 is 14.4 Å². The van der Waals surface area contributed by atoms with Crippen molar-refractivity contribution >= 4 is 22.7 Å². The van der Waals surface area contributed by atoms with E-state index in [0.29, 0.717) is 36.4 Å². The van der Waals surface area contributed by atoms with Crippen molar-refractivity contribution < 1.29 is 19.1 Å². The van der Waals surface area contributed by atoms with Crippen LogP contribution in [0.1, 0.15) is 45.3 Å². The highest BCUT2D eigenvalue weighted by molar-refractivity contribution is 5.99. The van der Waals surface area contributed by atoms with E-state index in [0.717, 1.165) is 23.0 Å². The van der Waals surface area contributed by atoms with Gasteiger partial charge in [-0.2, -0.15) is 0 Å². The Morgan fingerprint density at radius 3 is 2.62 bits per heavy atom. The Kier molecular flexibility index (Phi) is 4.08. The Morgan fingerprint density at radius 2 is 1.83 bits per heavy atom. The first kappa shape index (κ1) is 17.8. The summed E-state index contributed by atoms with van der Waals surface area (Å²) in [6.45, 7) is 0.632. The summed E-state index contributed by atoms with van der Waals surface area (Å²) < 4.78 is 12.5. The van der Waals surface area contributed by atoms with Crippen molar-refractivity contribution in [3.8, 4) is 11.5 Å². The zero-order chi connectivity index (χ0) is 20.1. The van der Waals surface area contributed by atoms with Gasteiger partial charge in [-0.05, 0) is 42.7 Å². The van der Waals surface area contributed by atoms with Crippen LogP contribution in [-0.4, -0.2) is 42.0 Å². The number of rotatable bonds is 3. The molecule has 1 unspecified atom stereocenters. The van der Waals surface area contributed by atoms with E-state index in [1.165, 1.54) is 5.56 Å². The average Bonchev–Trinajstić information content (AvgIpc) is 3.11. The van der Waals surface area contributed by atoms with Crippen molar-refractivity contribution in [3.63, 3.8) is 0 Å². The van der Waals surface area contributed by atoms with Gasteiger partial charge in [0.25, 0.3) is 5.91 Å². The predicted molar refractivity (Wildman–Crippen MR) is 109 cm³/mol. The van der Waals surface area contributed by atoms with E-state index in [2.05, 4.69) is 6.07 Å². The van der Waals surface area contributed by atoms with Crippen molar-refractivity contribution in [2.24, 2.45) is 0 Å². The van der Waals surface area contributed by atoms with Crippen LogP contribution >= 0.6 is 0 Å². The zero-order valence-electron chi connectivity index (χ0n) is 16.5. The molecule has 0 fully saturated rings. The molecule has 0 radical (unpaired) electrons. The Morgan fingerprint density at radius 1 is 1.03 bits per heavy atom. The maximum atomic E-state index is 13.4. The number of ether oxygens (including phenoxy) is 2. The van der Waals surface area contributed by atoms with Crippen LogP contribution in [0.15, 0.2) is 42.5 Å². The summed E-state index contributed by atoms with van der Waals surface area (Å²) in [6, 6.07) is 13.2. The van der Waals surface area contributed by atoms with Crippen LogP contribution < -0.4 is 9.47 Å². The minimum Gasteiger partial charge on any atom is -0.493 e. The average molecular weight is 390 g/mol. The van der Waals surface area contributed by atoms with Crippen molar-refractivity contribution in [2.45, 2.75) is 25.3 Å². The Balaban J connectivity index is 1.59. The molecule has 2 aromatic carbocycles. The number of aromatic nitrogens is 1. The van der Waals surface area contributed by atoms with Gasteiger partial charge in [0.05, 0.1) is 31.5 Å². The molecule has 1 atom stereocenters. The lowest BCUT2D eigenvalue weighted by Crippen LogP contribution is -2.43. The molecule has 0 spiro atoms. The van der Waals surface area contributed by atoms with Crippen molar-refractivity contribution in [3.05, 3.63) is 59.3 Å². The first-order valence-corrected chi connectivity index (χ1v) is 9.82. The van der Waals surface area contributed by atoms with Gasteiger partial charge in [0, 0.05) is 23.9 Å². The van der Waals surface area contributed by atoms with E-state index in [4.69, 9.17) is 9.47 Å². The minimum atomic E-state index is -0.0931. The Labute approximate surface area is 168 Å². The molecule has 3 aromatic rings. The number of hydrogen-bond acceptors (Lipinski definition) is 4. The van der Waals surface area contributed by atoms with Crippen molar-refractivity contribution in [1.29, 1.82) is 0 Å². The van der Waals surface area contributed by atoms with Gasteiger partial charge in [-0.1, -0.05) is 18.2 Å². The molecule has 148 valence electrons.